The fourth-order valence-electron chi connectivity index (χ4n) is 5.98. The average molecular weight is 640 g/mol. The van der Waals surface area contributed by atoms with Gasteiger partial charge in [0, 0.05) is 24.3 Å². The van der Waals surface area contributed by atoms with Crippen LogP contribution in [0.2, 0.25) is 0 Å². The van der Waals surface area contributed by atoms with Crippen molar-refractivity contribution in [3.05, 3.63) is 71.4 Å². The van der Waals surface area contributed by atoms with E-state index in [-0.39, 0.29) is 30.3 Å². The second kappa shape index (κ2) is 14.8. The third kappa shape index (κ3) is 8.06. The minimum atomic E-state index is -4.71. The van der Waals surface area contributed by atoms with Gasteiger partial charge in [0.2, 0.25) is 5.95 Å². The Bertz CT molecular complexity index is 1510. The molecule has 1 aliphatic carbocycles. The molecular formula is C33H40F3N7O3. The number of ether oxygens (including phenoxy) is 1. The van der Waals surface area contributed by atoms with E-state index in [0.717, 1.165) is 50.5 Å². The molecule has 1 amide bonds. The van der Waals surface area contributed by atoms with Gasteiger partial charge in [0.25, 0.3) is 5.91 Å². The zero-order valence-corrected chi connectivity index (χ0v) is 26.3. The van der Waals surface area contributed by atoms with Crippen LogP contribution in [0.5, 0.6) is 5.75 Å². The Morgan fingerprint density at radius 1 is 1.09 bits per heavy atom. The van der Waals surface area contributed by atoms with Crippen LogP contribution in [0.25, 0.3) is 0 Å². The Hall–Kier alpha value is -4.39. The molecule has 1 saturated carbocycles. The number of methoxy groups -OCH3 is 1. The van der Waals surface area contributed by atoms with Crippen LogP contribution in [-0.4, -0.2) is 72.9 Å². The second-order valence-corrected chi connectivity index (χ2v) is 11.7. The van der Waals surface area contributed by atoms with Crippen LogP contribution in [0.1, 0.15) is 60.0 Å². The number of carbonyl (C=O) groups excluding carboxylic acids is 1. The van der Waals surface area contributed by atoms with Crippen molar-refractivity contribution in [2.75, 3.05) is 44.6 Å². The van der Waals surface area contributed by atoms with Crippen molar-refractivity contribution in [3.8, 4) is 5.75 Å². The molecule has 1 aliphatic heterocycles. The molecule has 246 valence electrons. The fraction of sp³-hybridized carbons (Fsp3) is 0.455. The van der Waals surface area contributed by atoms with Gasteiger partial charge < -0.3 is 30.0 Å². The molecule has 10 nitrogen and oxygen atoms in total. The van der Waals surface area contributed by atoms with E-state index in [9.17, 15) is 18.0 Å². The third-order valence-electron chi connectivity index (χ3n) is 8.44. The molecule has 46 heavy (non-hydrogen) atoms. The van der Waals surface area contributed by atoms with Crippen molar-refractivity contribution < 1.29 is 27.5 Å². The van der Waals surface area contributed by atoms with Gasteiger partial charge in [-0.1, -0.05) is 41.9 Å². The lowest BCUT2D eigenvalue weighted by Crippen LogP contribution is -2.44. The summed E-state index contributed by atoms with van der Waals surface area (Å²) in [6.07, 6.45) is 0.716. The van der Waals surface area contributed by atoms with Crippen LogP contribution >= 0.6 is 0 Å². The lowest BCUT2D eigenvalue weighted by Gasteiger charge is -2.37. The number of nitrogens with zero attached hydrogens (tertiary/aromatic N) is 5. The summed E-state index contributed by atoms with van der Waals surface area (Å²) in [5.41, 5.74) is 1.34. The molecule has 2 fully saturated rings. The summed E-state index contributed by atoms with van der Waals surface area (Å²) in [4.78, 5) is 30.5. The molecule has 13 heteroatoms. The SMILES string of the molecule is CO/N=C1\CCCC[C@H]1N(Cc1ccccc1)c1nc(Nc2ccc(C(=O)NC3CCN(C)CC3)cc2OC)ncc1C(F)(F)F. The van der Waals surface area contributed by atoms with E-state index in [1.807, 2.05) is 30.3 Å². The molecule has 1 aromatic heterocycles. The predicted octanol–water partition coefficient (Wildman–Crippen LogP) is 6.02. The Balaban J connectivity index is 1.47. The molecule has 0 spiro atoms. The number of carbonyl (C=O) groups is 1. The number of amides is 1. The number of aromatic nitrogens is 2. The Morgan fingerprint density at radius 3 is 2.54 bits per heavy atom. The maximum absolute atomic E-state index is 14.5. The summed E-state index contributed by atoms with van der Waals surface area (Å²) in [5, 5.41) is 10.3. The van der Waals surface area contributed by atoms with Crippen molar-refractivity contribution >= 4 is 29.1 Å². The van der Waals surface area contributed by atoms with Crippen molar-refractivity contribution in [1.29, 1.82) is 0 Å². The Labute approximate surface area is 267 Å². The first kappa shape index (κ1) is 33.0. The standard InChI is InChI=1S/C33H40F3N7O3/c1-42-17-15-24(16-18-42)38-31(44)23-13-14-27(29(19-23)45-2)39-32-37-20-25(33(34,35)36)30(40-32)43(21-22-9-5-4-6-10-22)28-12-8-7-11-26(28)41-46-3/h4-6,9-10,13-14,19-20,24,28H,7-8,11-12,15-18,21H2,1-3H3,(H,38,44)(H,37,39,40)/b41-26+/t28-/m1/s1. The smallest absolute Gasteiger partial charge is 0.421 e. The molecule has 1 saturated heterocycles. The molecule has 1 atom stereocenters. The average Bonchev–Trinajstić information content (AvgIpc) is 3.05. The first-order valence-electron chi connectivity index (χ1n) is 15.5. The number of piperidine rings is 1. The quantitative estimate of drug-likeness (QED) is 0.260. The van der Waals surface area contributed by atoms with Crippen molar-refractivity contribution in [3.63, 3.8) is 0 Å². The van der Waals surface area contributed by atoms with E-state index >= 15 is 0 Å². The van der Waals surface area contributed by atoms with Gasteiger partial charge in [-0.2, -0.15) is 18.2 Å². The predicted molar refractivity (Wildman–Crippen MR) is 171 cm³/mol. The molecule has 0 radical (unpaired) electrons. The maximum atomic E-state index is 14.5. The first-order valence-corrected chi connectivity index (χ1v) is 15.5. The molecule has 0 bridgehead atoms. The largest absolute Gasteiger partial charge is 0.495 e. The van der Waals surface area contributed by atoms with Crippen molar-refractivity contribution in [1.82, 2.24) is 20.2 Å². The number of rotatable bonds is 10. The van der Waals surface area contributed by atoms with Crippen LogP contribution in [0, 0.1) is 0 Å². The van der Waals surface area contributed by atoms with Crippen LogP contribution in [0.3, 0.4) is 0 Å². The Morgan fingerprint density at radius 2 is 1.85 bits per heavy atom. The molecule has 2 aromatic carbocycles. The highest BCUT2D eigenvalue weighted by Crippen LogP contribution is 2.39. The first-order chi connectivity index (χ1) is 22.2. The topological polar surface area (TPSA) is 104 Å². The number of alkyl halides is 3. The summed E-state index contributed by atoms with van der Waals surface area (Å²) in [5.74, 6) is -0.212. The normalized spacial score (nSPS) is 18.7. The maximum Gasteiger partial charge on any atom is 0.421 e. The lowest BCUT2D eigenvalue weighted by molar-refractivity contribution is -0.137. The Kier molecular flexibility index (Phi) is 10.6. The number of anilines is 3. The summed E-state index contributed by atoms with van der Waals surface area (Å²) in [6.45, 7) is 1.99. The van der Waals surface area contributed by atoms with Gasteiger partial charge in [0.1, 0.15) is 24.2 Å². The van der Waals surface area contributed by atoms with E-state index < -0.39 is 17.8 Å². The van der Waals surface area contributed by atoms with Crippen LogP contribution in [-0.2, 0) is 17.6 Å². The second-order valence-electron chi connectivity index (χ2n) is 11.7. The number of halogens is 3. The molecule has 2 heterocycles. The summed E-state index contributed by atoms with van der Waals surface area (Å²) in [6, 6.07) is 13.8. The van der Waals surface area contributed by atoms with Gasteiger partial charge in [-0.15, -0.1) is 0 Å². The van der Waals surface area contributed by atoms with Gasteiger partial charge in [0.15, 0.2) is 0 Å². The highest BCUT2D eigenvalue weighted by Gasteiger charge is 2.40. The highest BCUT2D eigenvalue weighted by molar-refractivity contribution is 5.95. The van der Waals surface area contributed by atoms with Gasteiger partial charge in [0.05, 0.1) is 24.6 Å². The highest BCUT2D eigenvalue weighted by atomic mass is 19.4. The molecular weight excluding hydrogens is 599 g/mol. The number of oxime groups is 1. The zero-order chi connectivity index (χ0) is 32.7. The number of benzene rings is 2. The van der Waals surface area contributed by atoms with Gasteiger partial charge in [-0.05, 0) is 76.0 Å². The fourth-order valence-corrected chi connectivity index (χ4v) is 5.98. The van der Waals surface area contributed by atoms with Crippen molar-refractivity contribution in [2.45, 2.75) is 63.3 Å². The van der Waals surface area contributed by atoms with Gasteiger partial charge in [-0.25, -0.2) is 4.98 Å². The molecule has 5 rings (SSSR count). The zero-order valence-electron chi connectivity index (χ0n) is 26.3. The van der Waals surface area contributed by atoms with Gasteiger partial charge >= 0.3 is 6.18 Å². The number of nitrogens with one attached hydrogen (secondary N) is 2. The summed E-state index contributed by atoms with van der Waals surface area (Å²) >= 11 is 0. The van der Waals surface area contributed by atoms with Crippen molar-refractivity contribution in [2.24, 2.45) is 5.16 Å². The number of likely N-dealkylation sites (tertiary alicyclic amines) is 1. The van der Waals surface area contributed by atoms with E-state index in [0.29, 0.717) is 35.6 Å². The summed E-state index contributed by atoms with van der Waals surface area (Å²) in [7, 11) is 4.95. The van der Waals surface area contributed by atoms with E-state index in [2.05, 4.69) is 37.7 Å². The van der Waals surface area contributed by atoms with E-state index in [1.54, 1.807) is 23.1 Å². The monoisotopic (exact) mass is 639 g/mol. The van der Waals surface area contributed by atoms with E-state index in [4.69, 9.17) is 9.57 Å². The molecule has 0 unspecified atom stereocenters. The molecule has 2 N–H and O–H groups in total. The number of hydrogen-bond acceptors (Lipinski definition) is 9. The molecule has 2 aliphatic rings. The third-order valence-corrected chi connectivity index (χ3v) is 8.44. The lowest BCUT2D eigenvalue weighted by atomic mass is 9.91. The minimum absolute atomic E-state index is 0.0519. The molecule has 3 aromatic rings. The van der Waals surface area contributed by atoms with Crippen LogP contribution < -0.4 is 20.3 Å². The van der Waals surface area contributed by atoms with E-state index in [1.165, 1.54) is 14.2 Å². The van der Waals surface area contributed by atoms with Gasteiger partial charge in [-0.3, -0.25) is 4.79 Å². The minimum Gasteiger partial charge on any atom is -0.495 e. The van der Waals surface area contributed by atoms with Crippen LogP contribution in [0.4, 0.5) is 30.6 Å². The summed E-state index contributed by atoms with van der Waals surface area (Å²) < 4.78 is 49.1. The number of hydrogen-bond donors (Lipinski definition) is 2. The van der Waals surface area contributed by atoms with Crippen LogP contribution in [0.15, 0.2) is 59.9 Å².